The summed E-state index contributed by atoms with van der Waals surface area (Å²) in [7, 11) is 4.71. The number of piperidine rings is 1. The first kappa shape index (κ1) is 20.6. The quantitative estimate of drug-likeness (QED) is 0.722. The molecule has 2 aromatic rings. The second-order valence-electron chi connectivity index (χ2n) is 7.46. The fourth-order valence-electron chi connectivity index (χ4n) is 3.88. The van der Waals surface area contributed by atoms with E-state index < -0.39 is 0 Å². The Balaban J connectivity index is 1.88. The van der Waals surface area contributed by atoms with Crippen LogP contribution in [0.5, 0.6) is 17.2 Å². The number of rotatable bonds is 6. The van der Waals surface area contributed by atoms with Crippen molar-refractivity contribution in [2.75, 3.05) is 39.3 Å². The third-order valence-electron chi connectivity index (χ3n) is 4.99. The maximum atomic E-state index is 9.50. The summed E-state index contributed by atoms with van der Waals surface area (Å²) in [6, 6.07) is 5.82. The molecule has 0 saturated carbocycles. The van der Waals surface area contributed by atoms with Gasteiger partial charge in [0.15, 0.2) is 11.5 Å². The Morgan fingerprint density at radius 1 is 1.07 bits per heavy atom. The summed E-state index contributed by atoms with van der Waals surface area (Å²) in [6.45, 7) is 6.17. The van der Waals surface area contributed by atoms with Crippen LogP contribution in [0, 0.1) is 23.2 Å². The molecule has 1 aromatic heterocycles. The normalized spacial score (nSPS) is 19.2. The maximum Gasteiger partial charge on any atom is 0.235 e. The molecule has 7 heteroatoms. The molecular formula is C22H27N3O4. The van der Waals surface area contributed by atoms with Crippen molar-refractivity contribution in [1.29, 1.82) is 5.26 Å². The summed E-state index contributed by atoms with van der Waals surface area (Å²) in [5.41, 5.74) is 1.15. The summed E-state index contributed by atoms with van der Waals surface area (Å²) in [5, 5.41) is 9.50. The van der Waals surface area contributed by atoms with Crippen molar-refractivity contribution < 1.29 is 18.6 Å². The summed E-state index contributed by atoms with van der Waals surface area (Å²) in [5.74, 6) is 3.70. The zero-order chi connectivity index (χ0) is 21.0. The van der Waals surface area contributed by atoms with Crippen molar-refractivity contribution in [3.8, 4) is 23.3 Å². The van der Waals surface area contributed by atoms with Crippen molar-refractivity contribution >= 4 is 18.0 Å². The average molecular weight is 397 g/mol. The molecule has 0 amide bonds. The Labute approximate surface area is 171 Å². The van der Waals surface area contributed by atoms with E-state index in [1.165, 1.54) is 6.42 Å². The van der Waals surface area contributed by atoms with Gasteiger partial charge in [-0.15, -0.1) is 0 Å². The van der Waals surface area contributed by atoms with Crippen LogP contribution in [0.25, 0.3) is 12.2 Å². The van der Waals surface area contributed by atoms with Crippen LogP contribution >= 0.6 is 0 Å². The third-order valence-corrected chi connectivity index (χ3v) is 4.99. The molecule has 3 rings (SSSR count). The SMILES string of the molecule is COc1cc(C=Cc2nc(C#N)c(N3CC(C)CC(C)C3)o2)cc(OC)c1OC. The first-order valence-electron chi connectivity index (χ1n) is 9.63. The molecule has 2 unspecified atom stereocenters. The van der Waals surface area contributed by atoms with Crippen molar-refractivity contribution in [3.05, 3.63) is 29.3 Å². The van der Waals surface area contributed by atoms with E-state index in [2.05, 4.69) is 29.8 Å². The summed E-state index contributed by atoms with van der Waals surface area (Å²) in [4.78, 5) is 6.47. The van der Waals surface area contributed by atoms with Crippen LogP contribution in [0.3, 0.4) is 0 Å². The molecule has 0 aliphatic carbocycles. The second-order valence-corrected chi connectivity index (χ2v) is 7.46. The molecule has 0 N–H and O–H groups in total. The fraction of sp³-hybridized carbons (Fsp3) is 0.455. The minimum atomic E-state index is 0.316. The highest BCUT2D eigenvalue weighted by molar-refractivity contribution is 5.71. The molecule has 1 fully saturated rings. The lowest BCUT2D eigenvalue weighted by Gasteiger charge is -2.34. The fourth-order valence-corrected chi connectivity index (χ4v) is 3.88. The van der Waals surface area contributed by atoms with Gasteiger partial charge < -0.3 is 23.5 Å². The van der Waals surface area contributed by atoms with Gasteiger partial charge in [0.1, 0.15) is 6.07 Å². The molecule has 2 heterocycles. The molecular weight excluding hydrogens is 370 g/mol. The van der Waals surface area contributed by atoms with Crippen LogP contribution in [-0.2, 0) is 0 Å². The Hall–Kier alpha value is -3.14. The van der Waals surface area contributed by atoms with Crippen LogP contribution in [0.15, 0.2) is 16.5 Å². The van der Waals surface area contributed by atoms with Gasteiger partial charge in [-0.1, -0.05) is 13.8 Å². The lowest BCUT2D eigenvalue weighted by Crippen LogP contribution is -2.38. The van der Waals surface area contributed by atoms with Gasteiger partial charge in [-0.05, 0) is 42.0 Å². The highest BCUT2D eigenvalue weighted by atomic mass is 16.5. The van der Waals surface area contributed by atoms with Crippen molar-refractivity contribution in [2.24, 2.45) is 11.8 Å². The molecule has 0 spiro atoms. The zero-order valence-corrected chi connectivity index (χ0v) is 17.6. The molecule has 1 aromatic carbocycles. The molecule has 1 saturated heterocycles. The molecule has 1 aliphatic heterocycles. The van der Waals surface area contributed by atoms with Crippen LogP contribution in [0.1, 0.15) is 37.4 Å². The average Bonchev–Trinajstić information content (AvgIpc) is 3.14. The number of nitriles is 1. The molecule has 7 nitrogen and oxygen atoms in total. The van der Waals surface area contributed by atoms with Gasteiger partial charge in [-0.25, -0.2) is 0 Å². The van der Waals surface area contributed by atoms with Crippen LogP contribution in [-0.4, -0.2) is 39.4 Å². The summed E-state index contributed by atoms with van der Waals surface area (Å²) < 4.78 is 22.1. The van der Waals surface area contributed by atoms with E-state index in [1.807, 2.05) is 18.2 Å². The van der Waals surface area contributed by atoms with E-state index >= 15 is 0 Å². The van der Waals surface area contributed by atoms with Crippen molar-refractivity contribution in [2.45, 2.75) is 20.3 Å². The molecule has 2 atom stereocenters. The van der Waals surface area contributed by atoms with Crippen LogP contribution < -0.4 is 19.1 Å². The zero-order valence-electron chi connectivity index (χ0n) is 17.6. The monoisotopic (exact) mass is 397 g/mol. The predicted octanol–water partition coefficient (Wildman–Crippen LogP) is 4.22. The van der Waals surface area contributed by atoms with E-state index in [9.17, 15) is 5.26 Å². The van der Waals surface area contributed by atoms with Crippen LogP contribution in [0.2, 0.25) is 0 Å². The van der Waals surface area contributed by atoms with E-state index in [0.717, 1.165) is 18.7 Å². The maximum absolute atomic E-state index is 9.50. The number of aromatic nitrogens is 1. The minimum Gasteiger partial charge on any atom is -0.493 e. The second kappa shape index (κ2) is 8.91. The molecule has 0 bridgehead atoms. The number of benzene rings is 1. The predicted molar refractivity (Wildman–Crippen MR) is 111 cm³/mol. The van der Waals surface area contributed by atoms with Crippen molar-refractivity contribution in [3.63, 3.8) is 0 Å². The van der Waals surface area contributed by atoms with Gasteiger partial charge in [-0.2, -0.15) is 10.2 Å². The van der Waals surface area contributed by atoms with Crippen LogP contribution in [0.4, 0.5) is 5.88 Å². The third kappa shape index (κ3) is 4.48. The number of anilines is 1. The van der Waals surface area contributed by atoms with Gasteiger partial charge >= 0.3 is 0 Å². The Kier molecular flexibility index (Phi) is 6.32. The van der Waals surface area contributed by atoms with E-state index in [-0.39, 0.29) is 0 Å². The Morgan fingerprint density at radius 2 is 1.69 bits per heavy atom. The van der Waals surface area contributed by atoms with Gasteiger partial charge in [0.2, 0.25) is 23.2 Å². The van der Waals surface area contributed by atoms with E-state index in [1.54, 1.807) is 27.4 Å². The van der Waals surface area contributed by atoms with Crippen molar-refractivity contribution in [1.82, 2.24) is 4.98 Å². The first-order chi connectivity index (χ1) is 14.0. The topological polar surface area (TPSA) is 80.8 Å². The van der Waals surface area contributed by atoms with Gasteiger partial charge in [0.05, 0.1) is 21.3 Å². The lowest BCUT2D eigenvalue weighted by atomic mass is 9.92. The van der Waals surface area contributed by atoms with Gasteiger partial charge in [-0.3, -0.25) is 0 Å². The molecule has 29 heavy (non-hydrogen) atoms. The minimum absolute atomic E-state index is 0.316. The summed E-state index contributed by atoms with van der Waals surface area (Å²) in [6.07, 6.45) is 4.75. The number of hydrogen-bond donors (Lipinski definition) is 0. The number of ether oxygens (including phenoxy) is 3. The number of methoxy groups -OCH3 is 3. The first-order valence-corrected chi connectivity index (χ1v) is 9.63. The molecule has 154 valence electrons. The lowest BCUT2D eigenvalue weighted by molar-refractivity contribution is 0.324. The molecule has 1 aliphatic rings. The largest absolute Gasteiger partial charge is 0.493 e. The number of nitrogens with zero attached hydrogens (tertiary/aromatic N) is 3. The molecule has 0 radical (unpaired) electrons. The number of hydrogen-bond acceptors (Lipinski definition) is 7. The number of oxazole rings is 1. The van der Waals surface area contributed by atoms with E-state index in [0.29, 0.717) is 46.6 Å². The Bertz CT molecular complexity index is 894. The Morgan fingerprint density at radius 3 is 2.21 bits per heavy atom. The van der Waals surface area contributed by atoms with Gasteiger partial charge in [0, 0.05) is 19.2 Å². The highest BCUT2D eigenvalue weighted by Crippen LogP contribution is 2.38. The van der Waals surface area contributed by atoms with E-state index in [4.69, 9.17) is 18.6 Å². The highest BCUT2D eigenvalue weighted by Gasteiger charge is 2.27. The summed E-state index contributed by atoms with van der Waals surface area (Å²) >= 11 is 0. The smallest absolute Gasteiger partial charge is 0.235 e. The van der Waals surface area contributed by atoms with Gasteiger partial charge in [0.25, 0.3) is 0 Å². The standard InChI is InChI=1S/C22H27N3O4/c1-14-8-15(2)13-25(12-14)22-17(11-23)24-20(29-22)7-6-16-9-18(26-3)21(28-5)19(10-16)27-4/h6-7,9-10,14-15H,8,12-13H2,1-5H3.